The van der Waals surface area contributed by atoms with E-state index in [0.29, 0.717) is 0 Å². The minimum atomic E-state index is -0.296. The summed E-state index contributed by atoms with van der Waals surface area (Å²) in [6.45, 7) is 4.34. The molecule has 1 saturated heterocycles. The van der Waals surface area contributed by atoms with E-state index >= 15 is 0 Å². The summed E-state index contributed by atoms with van der Waals surface area (Å²) >= 11 is 0. The Balaban J connectivity index is 0.000000568. The highest BCUT2D eigenvalue weighted by molar-refractivity contribution is 7.73. The first-order valence-corrected chi connectivity index (χ1v) is 16.1. The molecule has 0 saturated carbocycles. The summed E-state index contributed by atoms with van der Waals surface area (Å²) in [4.78, 5) is 0. The Morgan fingerprint density at radius 2 is 0.784 bits per heavy atom. The van der Waals surface area contributed by atoms with Crippen molar-refractivity contribution >= 4 is 37.1 Å². The monoisotopic (exact) mass is 549 g/mol. The Morgan fingerprint density at radius 3 is 1.03 bits per heavy atom. The average Bonchev–Trinajstić information content (AvgIpc) is 3.55. The van der Waals surface area contributed by atoms with E-state index in [0.717, 1.165) is 13.2 Å². The highest BCUT2D eigenvalue weighted by Crippen LogP contribution is 2.33. The standard InChI is InChI=1S/C28H29NP2.C4H8O.ClH/c1-5-13-25(14-6-1)30(26-15-7-2-8-16-26)23-21-29-22-24-31(27-17-9-3-10-18-27)28-19-11-4-12-20-28;1-2-4-5-3-1;/h1-20,29H,21-24H2;1-4H2;1H. The second-order valence-corrected chi connectivity index (χ2v) is 13.5. The molecule has 0 bridgehead atoms. The molecule has 4 aromatic carbocycles. The topological polar surface area (TPSA) is 25.8 Å². The number of ether oxygens (including phenoxy) is 1. The van der Waals surface area contributed by atoms with Crippen LogP contribution in [0.3, 0.4) is 0 Å². The van der Waals surface area contributed by atoms with Gasteiger partial charge in [0.2, 0.25) is 0 Å². The van der Waals surface area contributed by atoms with Gasteiger partial charge in [0.25, 0.3) is 0 Å². The van der Waals surface area contributed by atoms with Gasteiger partial charge in [-0.15, -0.1) is 0 Å². The first-order chi connectivity index (χ1) is 17.9. The Morgan fingerprint density at radius 1 is 0.486 bits per heavy atom. The summed E-state index contributed by atoms with van der Waals surface area (Å²) in [5, 5.41) is 8.45. The summed E-state index contributed by atoms with van der Waals surface area (Å²) in [6.07, 6.45) is 5.00. The fraction of sp³-hybridized carbons (Fsp3) is 0.250. The van der Waals surface area contributed by atoms with Crippen molar-refractivity contribution in [3.05, 3.63) is 121 Å². The fourth-order valence-corrected chi connectivity index (χ4v) is 8.98. The minimum absolute atomic E-state index is 0. The minimum Gasteiger partial charge on any atom is -1.00 e. The normalized spacial score (nSPS) is 12.6. The molecule has 1 aliphatic heterocycles. The molecule has 0 amide bonds. The number of halogens is 1. The van der Waals surface area contributed by atoms with Crippen LogP contribution in [0.1, 0.15) is 12.8 Å². The first-order valence-electron chi connectivity index (χ1n) is 13.1. The van der Waals surface area contributed by atoms with Gasteiger partial charge in [-0.2, -0.15) is 0 Å². The van der Waals surface area contributed by atoms with Gasteiger partial charge in [-0.25, -0.2) is 0 Å². The zero-order valence-corrected chi connectivity index (χ0v) is 24.0. The van der Waals surface area contributed by atoms with Crippen LogP contribution in [-0.2, 0) is 4.74 Å². The molecule has 0 unspecified atom stereocenters. The van der Waals surface area contributed by atoms with E-state index in [1.807, 2.05) is 0 Å². The Kier molecular flexibility index (Phi) is 13.9. The lowest BCUT2D eigenvalue weighted by Crippen LogP contribution is -3.00. The van der Waals surface area contributed by atoms with Gasteiger partial charge in [0.05, 0.1) is 13.1 Å². The molecular weight excluding hydrogens is 512 g/mol. The summed E-state index contributed by atoms with van der Waals surface area (Å²) < 4.78 is 4.94. The third-order valence-corrected chi connectivity index (χ3v) is 11.3. The summed E-state index contributed by atoms with van der Waals surface area (Å²) in [7, 11) is -0.593. The summed E-state index contributed by atoms with van der Waals surface area (Å²) in [6, 6.07) is 44.2. The molecule has 2 nitrogen and oxygen atoms in total. The number of quaternary nitrogens is 1. The van der Waals surface area contributed by atoms with Gasteiger partial charge in [0.15, 0.2) is 0 Å². The smallest absolute Gasteiger partial charge is 0.0801 e. The zero-order valence-electron chi connectivity index (χ0n) is 21.5. The van der Waals surface area contributed by atoms with Crippen molar-refractivity contribution in [3.63, 3.8) is 0 Å². The van der Waals surface area contributed by atoms with Crippen LogP contribution in [0.25, 0.3) is 0 Å². The van der Waals surface area contributed by atoms with Crippen molar-refractivity contribution in [3.8, 4) is 0 Å². The lowest BCUT2D eigenvalue weighted by molar-refractivity contribution is -0.646. The lowest BCUT2D eigenvalue weighted by Gasteiger charge is -2.20. The van der Waals surface area contributed by atoms with Crippen molar-refractivity contribution < 1.29 is 22.5 Å². The SMILES string of the molecule is C1CCOC1.[Cl-].c1ccc(P(CC[NH2+]CCP(c2ccccc2)c2ccccc2)c2ccccc2)cc1. The maximum Gasteiger partial charge on any atom is 0.0801 e. The predicted molar refractivity (Wildman–Crippen MR) is 160 cm³/mol. The molecule has 0 atom stereocenters. The van der Waals surface area contributed by atoms with E-state index in [9.17, 15) is 0 Å². The first kappa shape index (κ1) is 29.5. The average molecular weight is 550 g/mol. The number of nitrogens with two attached hydrogens (primary N) is 1. The Bertz CT molecular complexity index is 925. The van der Waals surface area contributed by atoms with Crippen molar-refractivity contribution in [2.24, 2.45) is 0 Å². The van der Waals surface area contributed by atoms with E-state index in [-0.39, 0.29) is 28.3 Å². The number of rotatable bonds is 10. The summed E-state index contributed by atoms with van der Waals surface area (Å²) in [5.41, 5.74) is 0. The molecule has 0 aromatic heterocycles. The van der Waals surface area contributed by atoms with Gasteiger partial charge < -0.3 is 22.5 Å². The zero-order chi connectivity index (χ0) is 24.7. The van der Waals surface area contributed by atoms with Crippen LogP contribution in [0.4, 0.5) is 0 Å². The third kappa shape index (κ3) is 9.97. The molecule has 1 fully saturated rings. The van der Waals surface area contributed by atoms with Crippen molar-refractivity contribution in [2.75, 3.05) is 38.6 Å². The Hall–Kier alpha value is -2.05. The molecule has 0 radical (unpaired) electrons. The van der Waals surface area contributed by atoms with Gasteiger partial charge in [-0.1, -0.05) is 121 Å². The fourth-order valence-electron chi connectivity index (χ4n) is 4.34. The maximum atomic E-state index is 4.94. The number of hydrogen-bond donors (Lipinski definition) is 1. The van der Waals surface area contributed by atoms with Crippen LogP contribution >= 0.6 is 15.8 Å². The van der Waals surface area contributed by atoms with Gasteiger partial charge >= 0.3 is 0 Å². The van der Waals surface area contributed by atoms with Crippen LogP contribution in [-0.4, -0.2) is 38.6 Å². The van der Waals surface area contributed by atoms with E-state index < -0.39 is 0 Å². The van der Waals surface area contributed by atoms with E-state index in [1.54, 1.807) is 0 Å². The van der Waals surface area contributed by atoms with Crippen molar-refractivity contribution in [2.45, 2.75) is 12.8 Å². The van der Waals surface area contributed by atoms with E-state index in [4.69, 9.17) is 4.74 Å². The van der Waals surface area contributed by atoms with E-state index in [2.05, 4.69) is 127 Å². The molecule has 0 spiro atoms. The van der Waals surface area contributed by atoms with Crippen LogP contribution in [0.2, 0.25) is 0 Å². The maximum absolute atomic E-state index is 4.94. The molecule has 2 N–H and O–H groups in total. The second-order valence-electron chi connectivity index (χ2n) is 8.83. The highest BCUT2D eigenvalue weighted by atomic mass is 35.5. The third-order valence-electron chi connectivity index (χ3n) is 6.21. The molecule has 4 aromatic rings. The molecular formula is C32H38ClNOP2. The van der Waals surface area contributed by atoms with Crippen LogP contribution in [0.5, 0.6) is 0 Å². The second kappa shape index (κ2) is 17.5. The van der Waals surface area contributed by atoms with Crippen molar-refractivity contribution in [1.82, 2.24) is 0 Å². The molecule has 37 heavy (non-hydrogen) atoms. The van der Waals surface area contributed by atoms with Crippen molar-refractivity contribution in [1.29, 1.82) is 0 Å². The molecule has 1 aliphatic rings. The van der Waals surface area contributed by atoms with Crippen LogP contribution < -0.4 is 38.9 Å². The van der Waals surface area contributed by atoms with E-state index in [1.165, 1.54) is 59.5 Å². The van der Waals surface area contributed by atoms with Gasteiger partial charge in [-0.3, -0.25) is 0 Å². The Labute approximate surface area is 231 Å². The highest BCUT2D eigenvalue weighted by Gasteiger charge is 2.16. The molecule has 5 rings (SSSR count). The quantitative estimate of drug-likeness (QED) is 0.236. The number of benzene rings is 4. The van der Waals surface area contributed by atoms with Gasteiger partial charge in [0, 0.05) is 25.5 Å². The van der Waals surface area contributed by atoms with Gasteiger partial charge in [-0.05, 0) is 49.9 Å². The lowest BCUT2D eigenvalue weighted by atomic mass is 10.4. The predicted octanol–water partition coefficient (Wildman–Crippen LogP) is 1.62. The molecule has 194 valence electrons. The summed E-state index contributed by atoms with van der Waals surface area (Å²) in [5.74, 6) is 0. The van der Waals surface area contributed by atoms with Crippen LogP contribution in [0.15, 0.2) is 121 Å². The largest absolute Gasteiger partial charge is 1.00 e. The molecule has 5 heteroatoms. The molecule has 0 aliphatic carbocycles. The number of hydrogen-bond acceptors (Lipinski definition) is 1. The molecule has 1 heterocycles. The van der Waals surface area contributed by atoms with Crippen LogP contribution in [0, 0.1) is 0 Å². The van der Waals surface area contributed by atoms with Gasteiger partial charge in [0.1, 0.15) is 0 Å².